The smallest absolute Gasteiger partial charge is 0.143 e. The third kappa shape index (κ3) is 12.3. The average Bonchev–Trinajstić information content (AvgIpc) is 1.53. The zero-order valence-electron chi connectivity index (χ0n) is 66.5. The second-order valence-corrected chi connectivity index (χ2v) is 31.3. The van der Waals surface area contributed by atoms with Crippen molar-refractivity contribution in [2.75, 3.05) is 9.80 Å². The Kier molecular flexibility index (Phi) is 17.5. The monoisotopic (exact) mass is 1560 g/mol. The summed E-state index contributed by atoms with van der Waals surface area (Å²) >= 11 is 0. The summed E-state index contributed by atoms with van der Waals surface area (Å²) in [5.41, 5.74) is 30.3. The molecule has 0 N–H and O–H groups in total. The zero-order chi connectivity index (χ0) is 80.6. The summed E-state index contributed by atoms with van der Waals surface area (Å²) in [6.07, 6.45) is 0. The molecule has 0 spiro atoms. The van der Waals surface area contributed by atoms with Crippen LogP contribution in [0.15, 0.2) is 470 Å². The lowest BCUT2D eigenvalue weighted by molar-refractivity contribution is 0.669. The van der Waals surface area contributed by atoms with E-state index in [1.807, 2.05) is 12.1 Å². The van der Waals surface area contributed by atoms with Gasteiger partial charge in [-0.15, -0.1) is 0 Å². The van der Waals surface area contributed by atoms with Crippen molar-refractivity contribution in [2.45, 2.75) is 0 Å². The van der Waals surface area contributed by atoms with E-state index in [1.54, 1.807) is 0 Å². The van der Waals surface area contributed by atoms with Gasteiger partial charge in [-0.1, -0.05) is 346 Å². The summed E-state index contributed by atoms with van der Waals surface area (Å²) in [4.78, 5) is 4.85. The first-order valence-electron chi connectivity index (χ1n) is 41.7. The molecule has 4 heterocycles. The molecule has 6 heteroatoms. The highest BCUT2D eigenvalue weighted by Crippen LogP contribution is 2.51. The van der Waals surface area contributed by atoms with Gasteiger partial charge in [0.1, 0.15) is 22.3 Å². The molecular formula is C116H76N4O2. The molecule has 4 aromatic heterocycles. The minimum absolute atomic E-state index is 0.882. The molecule has 0 unspecified atom stereocenters. The van der Waals surface area contributed by atoms with Crippen LogP contribution in [-0.4, -0.2) is 9.13 Å². The molecule has 0 aliphatic carbocycles. The van der Waals surface area contributed by atoms with Crippen LogP contribution < -0.4 is 9.80 Å². The highest BCUT2D eigenvalue weighted by Gasteiger charge is 2.27. The molecule has 0 bridgehead atoms. The maximum Gasteiger partial charge on any atom is 0.143 e. The van der Waals surface area contributed by atoms with E-state index in [0.717, 1.165) is 151 Å². The molecule has 24 aromatic rings. The Bertz CT molecular complexity index is 8110. The Morgan fingerprint density at radius 2 is 0.467 bits per heavy atom. The van der Waals surface area contributed by atoms with Crippen molar-refractivity contribution in [1.82, 2.24) is 9.13 Å². The van der Waals surface area contributed by atoms with Crippen molar-refractivity contribution < 1.29 is 8.83 Å². The van der Waals surface area contributed by atoms with Gasteiger partial charge in [0.2, 0.25) is 0 Å². The number of hydrogen-bond donors (Lipinski definition) is 0. The molecule has 122 heavy (non-hydrogen) atoms. The summed E-state index contributed by atoms with van der Waals surface area (Å²) < 4.78 is 18.2. The molecule has 24 rings (SSSR count). The average molecular weight is 1560 g/mol. The minimum atomic E-state index is 0.882. The van der Waals surface area contributed by atoms with Crippen molar-refractivity contribution in [1.29, 1.82) is 0 Å². The fourth-order valence-electron chi connectivity index (χ4n) is 18.8. The van der Waals surface area contributed by atoms with Gasteiger partial charge in [-0.25, -0.2) is 0 Å². The Morgan fingerprint density at radius 1 is 0.172 bits per heavy atom. The van der Waals surface area contributed by atoms with Gasteiger partial charge in [-0.05, 0) is 165 Å². The number of rotatable bonds is 14. The Labute approximate surface area is 705 Å². The van der Waals surface area contributed by atoms with Gasteiger partial charge in [0, 0.05) is 99.1 Å². The molecular weight excluding hydrogens is 1480 g/mol. The SMILES string of the molecule is c1cc(-c2ccc3ccccc3c2)cc(N(c2cccc(-c3ccccc3-n3c4ccccc4c4ccccc43)c2)c2ccccc2-c2cccc3c2oc2ccccc23)c1.c1cc(-c2ccccc2-n2c3ccccc3c3ccccc32)cc(N(c2ccccc2-c2ccc3ccccc3c2)c2ccccc2-c2cccc3c2oc2ccccc23)c1. The number of para-hydroxylation sites is 13. The lowest BCUT2D eigenvalue weighted by atomic mass is 9.96. The number of nitrogens with zero attached hydrogens (tertiary/aromatic N) is 4. The summed E-state index contributed by atoms with van der Waals surface area (Å²) in [5, 5.41) is 14.3. The molecule has 0 radical (unpaired) electrons. The maximum atomic E-state index is 6.68. The second kappa shape index (κ2) is 30.0. The van der Waals surface area contributed by atoms with Crippen LogP contribution in [0.25, 0.3) is 187 Å². The van der Waals surface area contributed by atoms with Crippen molar-refractivity contribution in [3.05, 3.63) is 461 Å². The third-order valence-electron chi connectivity index (χ3n) is 24.4. The number of furan rings is 2. The largest absolute Gasteiger partial charge is 0.455 e. The van der Waals surface area contributed by atoms with E-state index in [1.165, 1.54) is 70.7 Å². The zero-order valence-corrected chi connectivity index (χ0v) is 66.5. The van der Waals surface area contributed by atoms with Gasteiger partial charge < -0.3 is 27.8 Å². The summed E-state index contributed by atoms with van der Waals surface area (Å²) in [6, 6.07) is 166. The topological polar surface area (TPSA) is 42.6 Å². The summed E-state index contributed by atoms with van der Waals surface area (Å²) in [6.45, 7) is 0. The van der Waals surface area contributed by atoms with Crippen LogP contribution >= 0.6 is 0 Å². The van der Waals surface area contributed by atoms with Gasteiger partial charge in [-0.2, -0.15) is 0 Å². The second-order valence-electron chi connectivity index (χ2n) is 31.3. The highest BCUT2D eigenvalue weighted by molar-refractivity contribution is 6.15. The molecule has 0 atom stereocenters. The first-order valence-corrected chi connectivity index (χ1v) is 41.7. The van der Waals surface area contributed by atoms with Crippen LogP contribution in [0.3, 0.4) is 0 Å². The van der Waals surface area contributed by atoms with Gasteiger partial charge in [0.15, 0.2) is 0 Å². The summed E-state index contributed by atoms with van der Waals surface area (Å²) in [5.74, 6) is 0. The molecule has 0 aliphatic rings. The van der Waals surface area contributed by atoms with Crippen LogP contribution in [-0.2, 0) is 0 Å². The van der Waals surface area contributed by atoms with Gasteiger partial charge in [0.25, 0.3) is 0 Å². The molecule has 0 saturated carbocycles. The van der Waals surface area contributed by atoms with Crippen LogP contribution in [0.4, 0.5) is 34.1 Å². The Hall–Kier alpha value is -16.3. The number of hydrogen-bond acceptors (Lipinski definition) is 4. The van der Waals surface area contributed by atoms with Crippen molar-refractivity contribution >= 4 is 143 Å². The fraction of sp³-hybridized carbons (Fsp3) is 0. The van der Waals surface area contributed by atoms with Crippen molar-refractivity contribution in [2.24, 2.45) is 0 Å². The van der Waals surface area contributed by atoms with Gasteiger partial charge >= 0.3 is 0 Å². The minimum Gasteiger partial charge on any atom is -0.455 e. The van der Waals surface area contributed by atoms with Crippen LogP contribution in [0, 0.1) is 0 Å². The van der Waals surface area contributed by atoms with E-state index in [4.69, 9.17) is 8.83 Å². The van der Waals surface area contributed by atoms with E-state index in [-0.39, 0.29) is 0 Å². The third-order valence-corrected chi connectivity index (χ3v) is 24.4. The summed E-state index contributed by atoms with van der Waals surface area (Å²) in [7, 11) is 0. The number of fused-ring (bicyclic) bond motifs is 14. The predicted octanol–water partition coefficient (Wildman–Crippen LogP) is 32.6. The van der Waals surface area contributed by atoms with Gasteiger partial charge in [-0.3, -0.25) is 0 Å². The van der Waals surface area contributed by atoms with E-state index < -0.39 is 0 Å². The number of aromatic nitrogens is 2. The molecule has 572 valence electrons. The lowest BCUT2D eigenvalue weighted by Crippen LogP contribution is -2.12. The van der Waals surface area contributed by atoms with Gasteiger partial charge in [0.05, 0.1) is 50.5 Å². The van der Waals surface area contributed by atoms with Crippen LogP contribution in [0.1, 0.15) is 0 Å². The van der Waals surface area contributed by atoms with Crippen LogP contribution in [0.2, 0.25) is 0 Å². The first kappa shape index (κ1) is 71.1. The van der Waals surface area contributed by atoms with E-state index in [9.17, 15) is 0 Å². The first-order chi connectivity index (χ1) is 60.5. The normalized spacial score (nSPS) is 11.6. The molecule has 0 aliphatic heterocycles. The quantitative estimate of drug-likeness (QED) is 0.109. The highest BCUT2D eigenvalue weighted by atomic mass is 16.3. The van der Waals surface area contributed by atoms with E-state index in [0.29, 0.717) is 0 Å². The Morgan fingerprint density at radius 3 is 0.943 bits per heavy atom. The lowest BCUT2D eigenvalue weighted by Gasteiger charge is -2.30. The fourth-order valence-corrected chi connectivity index (χ4v) is 18.8. The molecule has 20 aromatic carbocycles. The number of anilines is 6. The van der Waals surface area contributed by atoms with E-state index in [2.05, 4.69) is 468 Å². The molecule has 0 fully saturated rings. The predicted molar refractivity (Wildman–Crippen MR) is 513 cm³/mol. The Balaban J connectivity index is 0.000000142. The van der Waals surface area contributed by atoms with E-state index >= 15 is 0 Å². The maximum absolute atomic E-state index is 6.68. The standard InChI is InChI=1S/2C58H38N2O/c1-2-18-40-37-42(36-35-39(40)17-1)45-22-3-9-29-52(45)59(54-31-11-7-25-48(54)50-27-16-28-51-49-26-8-14-34-57(49)61-58(50)51)43-20-15-19-41(38-43)44-21-4-10-30-53(44)60-55-32-12-5-23-46(55)47-24-6-13-33-56(47)60;1-2-17-40-36-42(35-34-39(40)16-1)41-18-13-20-44(37-41)59(54-30-9-6-25-49(54)51-27-15-28-52-50-26-7-12-33-57(50)61-58(51)52)45-21-14-19-43(38-45)46-22-3-8-29-53(46)60-55-31-10-4-23-47(55)48-24-5-11-32-56(48)60/h2*1-38H. The van der Waals surface area contributed by atoms with Crippen molar-refractivity contribution in [3.8, 4) is 78.1 Å². The number of benzene rings is 20. The van der Waals surface area contributed by atoms with Crippen LogP contribution in [0.5, 0.6) is 0 Å². The molecule has 0 amide bonds. The van der Waals surface area contributed by atoms with Crippen molar-refractivity contribution in [3.63, 3.8) is 0 Å². The molecule has 0 saturated heterocycles. The molecule has 6 nitrogen and oxygen atoms in total.